The smallest absolute Gasteiger partial charge is 0.223 e. The van der Waals surface area contributed by atoms with Gasteiger partial charge in [0.1, 0.15) is 0 Å². The molecule has 2 aromatic carbocycles. The van der Waals surface area contributed by atoms with Crippen molar-refractivity contribution in [2.24, 2.45) is 0 Å². The molecular weight excluding hydrogens is 284 g/mol. The third-order valence-corrected chi connectivity index (χ3v) is 8.96. The predicted molar refractivity (Wildman–Crippen MR) is 99.0 cm³/mol. The van der Waals surface area contributed by atoms with Crippen LogP contribution < -0.4 is 5.19 Å². The van der Waals surface area contributed by atoms with Crippen LogP contribution in [-0.2, 0) is 4.43 Å². The zero-order valence-electron chi connectivity index (χ0n) is 13.9. The monoisotopic (exact) mass is 310 g/mol. The molecule has 0 saturated heterocycles. The van der Waals surface area contributed by atoms with E-state index in [9.17, 15) is 0 Å². The highest BCUT2D eigenvalue weighted by Crippen LogP contribution is 2.22. The molecule has 0 aliphatic rings. The maximum Gasteiger partial charge on any atom is 0.223 e. The van der Waals surface area contributed by atoms with Gasteiger partial charge in [0.25, 0.3) is 0 Å². The highest BCUT2D eigenvalue weighted by molar-refractivity contribution is 6.86. The van der Waals surface area contributed by atoms with Gasteiger partial charge in [0.05, 0.1) is 0 Å². The fourth-order valence-electron chi connectivity index (χ4n) is 3.00. The number of rotatable bonds is 7. The van der Waals surface area contributed by atoms with E-state index >= 15 is 0 Å². The van der Waals surface area contributed by atoms with Gasteiger partial charge >= 0.3 is 0 Å². The van der Waals surface area contributed by atoms with Gasteiger partial charge in [0, 0.05) is 6.61 Å². The van der Waals surface area contributed by atoms with Gasteiger partial charge in [0.2, 0.25) is 8.32 Å². The SMILES string of the molecule is C=C(c1ccccc1)c1ccc([Si](CC)(CC)OCC)cc1. The first kappa shape index (κ1) is 16.7. The molecule has 0 aliphatic carbocycles. The largest absolute Gasteiger partial charge is 0.413 e. The molecule has 0 saturated carbocycles. The number of hydrogen-bond donors (Lipinski definition) is 0. The van der Waals surface area contributed by atoms with Crippen molar-refractivity contribution in [3.05, 3.63) is 72.3 Å². The van der Waals surface area contributed by atoms with Crippen LogP contribution in [0.4, 0.5) is 0 Å². The Bertz CT molecular complexity index is 597. The second kappa shape index (κ2) is 7.57. The topological polar surface area (TPSA) is 9.23 Å². The Kier molecular flexibility index (Phi) is 5.75. The average molecular weight is 311 g/mol. The molecule has 22 heavy (non-hydrogen) atoms. The molecule has 0 aromatic heterocycles. The molecule has 0 fully saturated rings. The Balaban J connectivity index is 2.28. The van der Waals surface area contributed by atoms with E-state index in [1.54, 1.807) is 0 Å². The Morgan fingerprint density at radius 1 is 0.864 bits per heavy atom. The average Bonchev–Trinajstić information content (AvgIpc) is 2.60. The number of benzene rings is 2. The molecule has 0 spiro atoms. The maximum absolute atomic E-state index is 6.22. The Labute approximate surface area is 135 Å². The van der Waals surface area contributed by atoms with Gasteiger partial charge in [-0.05, 0) is 40.9 Å². The summed E-state index contributed by atoms with van der Waals surface area (Å²) >= 11 is 0. The van der Waals surface area contributed by atoms with Crippen molar-refractivity contribution in [3.8, 4) is 0 Å². The quantitative estimate of drug-likeness (QED) is 0.656. The van der Waals surface area contributed by atoms with Crippen LogP contribution in [0.1, 0.15) is 31.9 Å². The molecule has 0 atom stereocenters. The summed E-state index contributed by atoms with van der Waals surface area (Å²) in [7, 11) is -1.79. The third-order valence-electron chi connectivity index (χ3n) is 4.44. The van der Waals surface area contributed by atoms with Gasteiger partial charge in [0.15, 0.2) is 0 Å². The van der Waals surface area contributed by atoms with Crippen molar-refractivity contribution in [1.82, 2.24) is 0 Å². The third kappa shape index (κ3) is 3.40. The lowest BCUT2D eigenvalue weighted by Gasteiger charge is -2.29. The summed E-state index contributed by atoms with van der Waals surface area (Å²) in [6.45, 7) is 11.6. The lowest BCUT2D eigenvalue weighted by molar-refractivity contribution is 0.330. The van der Waals surface area contributed by atoms with E-state index in [1.807, 2.05) is 6.07 Å². The van der Waals surface area contributed by atoms with E-state index < -0.39 is 8.32 Å². The zero-order valence-corrected chi connectivity index (χ0v) is 14.9. The van der Waals surface area contributed by atoms with Crippen molar-refractivity contribution < 1.29 is 4.43 Å². The fourth-order valence-corrected chi connectivity index (χ4v) is 6.22. The summed E-state index contributed by atoms with van der Waals surface area (Å²) in [6.07, 6.45) is 0. The summed E-state index contributed by atoms with van der Waals surface area (Å²) < 4.78 is 6.22. The molecule has 0 heterocycles. The maximum atomic E-state index is 6.22. The van der Waals surface area contributed by atoms with Crippen molar-refractivity contribution in [1.29, 1.82) is 0 Å². The van der Waals surface area contributed by atoms with Crippen LogP contribution in [0.25, 0.3) is 5.57 Å². The molecule has 2 aromatic rings. The van der Waals surface area contributed by atoms with Crippen LogP contribution in [0.5, 0.6) is 0 Å². The van der Waals surface area contributed by atoms with Crippen molar-refractivity contribution in [2.75, 3.05) is 6.61 Å². The van der Waals surface area contributed by atoms with Gasteiger partial charge in [-0.25, -0.2) is 0 Å². The van der Waals surface area contributed by atoms with Crippen LogP contribution in [0.2, 0.25) is 12.1 Å². The molecule has 0 radical (unpaired) electrons. The lowest BCUT2D eigenvalue weighted by atomic mass is 10.00. The standard InChI is InChI=1S/C20H26OSi/c1-5-21-22(6-2,7-3)20-15-13-19(14-16-20)17(4)18-11-9-8-10-12-18/h8-16H,4-7H2,1-3H3. The zero-order chi connectivity index (χ0) is 16.0. The number of hydrogen-bond acceptors (Lipinski definition) is 1. The van der Waals surface area contributed by atoms with Crippen LogP contribution >= 0.6 is 0 Å². The fraction of sp³-hybridized carbons (Fsp3) is 0.300. The molecule has 2 heteroatoms. The summed E-state index contributed by atoms with van der Waals surface area (Å²) in [5.74, 6) is 0. The van der Waals surface area contributed by atoms with E-state index in [0.29, 0.717) is 0 Å². The minimum atomic E-state index is -1.79. The molecule has 0 amide bonds. The molecule has 0 aliphatic heterocycles. The predicted octanol–water partition coefficient (Wildman–Crippen LogP) is 4.98. The van der Waals surface area contributed by atoms with Gasteiger partial charge in [-0.3, -0.25) is 0 Å². The Morgan fingerprint density at radius 3 is 1.91 bits per heavy atom. The van der Waals surface area contributed by atoms with Crippen LogP contribution in [0.3, 0.4) is 0 Å². The molecule has 2 rings (SSSR count). The highest BCUT2D eigenvalue weighted by Gasteiger charge is 2.32. The van der Waals surface area contributed by atoms with E-state index in [0.717, 1.165) is 24.3 Å². The van der Waals surface area contributed by atoms with Crippen LogP contribution in [0, 0.1) is 0 Å². The van der Waals surface area contributed by atoms with E-state index in [-0.39, 0.29) is 0 Å². The normalized spacial score (nSPS) is 11.4. The van der Waals surface area contributed by atoms with E-state index in [4.69, 9.17) is 4.43 Å². The molecule has 0 unspecified atom stereocenters. The van der Waals surface area contributed by atoms with Crippen molar-refractivity contribution >= 4 is 19.1 Å². The van der Waals surface area contributed by atoms with Gasteiger partial charge in [-0.15, -0.1) is 0 Å². The van der Waals surface area contributed by atoms with E-state index in [1.165, 1.54) is 16.3 Å². The van der Waals surface area contributed by atoms with Gasteiger partial charge in [-0.2, -0.15) is 0 Å². The Morgan fingerprint density at radius 2 is 1.41 bits per heavy atom. The first-order valence-electron chi connectivity index (χ1n) is 8.16. The van der Waals surface area contributed by atoms with Crippen LogP contribution in [0.15, 0.2) is 61.2 Å². The Hall–Kier alpha value is -1.64. The van der Waals surface area contributed by atoms with Crippen LogP contribution in [-0.4, -0.2) is 14.9 Å². The summed E-state index contributed by atoms with van der Waals surface area (Å²) in [5.41, 5.74) is 3.43. The molecular formula is C20H26OSi. The van der Waals surface area contributed by atoms with E-state index in [2.05, 4.69) is 75.9 Å². The minimum absolute atomic E-state index is 0.798. The van der Waals surface area contributed by atoms with Crippen molar-refractivity contribution in [3.63, 3.8) is 0 Å². The molecule has 0 N–H and O–H groups in total. The highest BCUT2D eigenvalue weighted by atomic mass is 28.4. The van der Waals surface area contributed by atoms with Crippen molar-refractivity contribution in [2.45, 2.75) is 32.9 Å². The summed E-state index contributed by atoms with van der Waals surface area (Å²) in [5, 5.41) is 1.39. The summed E-state index contributed by atoms with van der Waals surface area (Å²) in [4.78, 5) is 0. The summed E-state index contributed by atoms with van der Waals surface area (Å²) in [6, 6.07) is 21.5. The molecule has 0 bridgehead atoms. The molecule has 116 valence electrons. The first-order chi connectivity index (χ1) is 10.7. The van der Waals surface area contributed by atoms with Gasteiger partial charge < -0.3 is 4.43 Å². The molecule has 1 nitrogen and oxygen atoms in total. The lowest BCUT2D eigenvalue weighted by Crippen LogP contribution is -2.49. The second-order valence-electron chi connectivity index (χ2n) is 5.56. The van der Waals surface area contributed by atoms with Gasteiger partial charge in [-0.1, -0.05) is 75.0 Å². The first-order valence-corrected chi connectivity index (χ1v) is 10.5. The second-order valence-corrected chi connectivity index (χ2v) is 9.83. The minimum Gasteiger partial charge on any atom is -0.413 e.